The van der Waals surface area contributed by atoms with E-state index in [4.69, 9.17) is 5.73 Å². The number of carbonyl (C=O) groups is 1. The van der Waals surface area contributed by atoms with E-state index >= 15 is 0 Å². The molecule has 3 nitrogen and oxygen atoms in total. The summed E-state index contributed by atoms with van der Waals surface area (Å²) < 4.78 is 0. The third-order valence-corrected chi connectivity index (χ3v) is 3.69. The van der Waals surface area contributed by atoms with Crippen LogP contribution >= 0.6 is 0 Å². The molecule has 0 aromatic heterocycles. The van der Waals surface area contributed by atoms with Gasteiger partial charge in [0.25, 0.3) is 0 Å². The smallest absolute Gasteiger partial charge is 0.227 e. The van der Waals surface area contributed by atoms with E-state index in [2.05, 4.69) is 6.58 Å². The number of hydrogen-bond donors (Lipinski definition) is 1. The van der Waals surface area contributed by atoms with Crippen LogP contribution in [0.15, 0.2) is 49.1 Å². The number of hydrogen-bond acceptors (Lipinski definition) is 2. The zero-order valence-corrected chi connectivity index (χ0v) is 10.7. The molecule has 2 aromatic carbocycles. The molecule has 0 radical (unpaired) electrons. The number of nitrogen functional groups attached to an aromatic ring is 1. The van der Waals surface area contributed by atoms with Gasteiger partial charge in [-0.15, -0.1) is 6.58 Å². The van der Waals surface area contributed by atoms with Crippen LogP contribution < -0.4 is 10.6 Å². The third-order valence-electron chi connectivity index (χ3n) is 3.69. The summed E-state index contributed by atoms with van der Waals surface area (Å²) in [6.45, 7) is 4.47. The van der Waals surface area contributed by atoms with Crippen LogP contribution in [0.25, 0.3) is 10.8 Å². The number of fused-ring (bicyclic) bond motifs is 1. The van der Waals surface area contributed by atoms with Gasteiger partial charge in [0, 0.05) is 30.0 Å². The number of carbonyl (C=O) groups excluding carboxylic acids is 1. The monoisotopic (exact) mass is 252 g/mol. The van der Waals surface area contributed by atoms with Crippen molar-refractivity contribution in [1.82, 2.24) is 0 Å². The zero-order chi connectivity index (χ0) is 13.4. The van der Waals surface area contributed by atoms with Crippen molar-refractivity contribution in [1.29, 1.82) is 0 Å². The van der Waals surface area contributed by atoms with Gasteiger partial charge in [0.2, 0.25) is 5.91 Å². The van der Waals surface area contributed by atoms with Gasteiger partial charge in [-0.25, -0.2) is 0 Å². The SMILES string of the molecule is C=CC1CC(=O)N(c2cccc3cccc(N)c23)C1. The standard InChI is InChI=1S/C16H16N2O/c1-2-11-9-15(19)18(10-11)14-8-4-6-12-5-3-7-13(17)16(12)14/h2-8,11H,1,9-10,17H2. The summed E-state index contributed by atoms with van der Waals surface area (Å²) in [7, 11) is 0. The van der Waals surface area contributed by atoms with E-state index in [1.165, 1.54) is 0 Å². The molecule has 1 amide bonds. The maximum atomic E-state index is 12.1. The summed E-state index contributed by atoms with van der Waals surface area (Å²) in [6, 6.07) is 11.8. The average molecular weight is 252 g/mol. The van der Waals surface area contributed by atoms with Crippen LogP contribution in [0.2, 0.25) is 0 Å². The van der Waals surface area contributed by atoms with Crippen LogP contribution in [0, 0.1) is 5.92 Å². The van der Waals surface area contributed by atoms with Crippen LogP contribution in [0.5, 0.6) is 0 Å². The van der Waals surface area contributed by atoms with E-state index in [0.29, 0.717) is 18.7 Å². The van der Waals surface area contributed by atoms with E-state index in [-0.39, 0.29) is 11.8 Å². The molecule has 0 spiro atoms. The van der Waals surface area contributed by atoms with Crippen LogP contribution in [0.4, 0.5) is 11.4 Å². The first-order chi connectivity index (χ1) is 9.20. The molecule has 1 heterocycles. The molecule has 1 unspecified atom stereocenters. The van der Waals surface area contributed by atoms with Gasteiger partial charge in [-0.1, -0.05) is 30.3 Å². The topological polar surface area (TPSA) is 46.3 Å². The van der Waals surface area contributed by atoms with Crippen molar-refractivity contribution >= 4 is 28.1 Å². The molecule has 3 heteroatoms. The second kappa shape index (κ2) is 4.43. The molecule has 1 atom stereocenters. The Morgan fingerprint density at radius 2 is 2.00 bits per heavy atom. The van der Waals surface area contributed by atoms with Crippen molar-refractivity contribution in [3.63, 3.8) is 0 Å². The Labute approximate surface area is 112 Å². The highest BCUT2D eigenvalue weighted by Crippen LogP contribution is 2.34. The first kappa shape index (κ1) is 11.8. The van der Waals surface area contributed by atoms with Crippen molar-refractivity contribution < 1.29 is 4.79 Å². The molecule has 0 bridgehead atoms. The Kier molecular flexibility index (Phi) is 2.75. The van der Waals surface area contributed by atoms with Crippen LogP contribution in [0.3, 0.4) is 0 Å². The first-order valence-corrected chi connectivity index (χ1v) is 6.41. The van der Waals surface area contributed by atoms with Crippen LogP contribution in [0.1, 0.15) is 6.42 Å². The van der Waals surface area contributed by atoms with Gasteiger partial charge in [0.05, 0.1) is 5.69 Å². The number of benzene rings is 2. The Hall–Kier alpha value is -2.29. The molecule has 2 N–H and O–H groups in total. The summed E-state index contributed by atoms with van der Waals surface area (Å²) in [5.74, 6) is 0.369. The van der Waals surface area contributed by atoms with Crippen molar-refractivity contribution in [2.24, 2.45) is 5.92 Å². The Morgan fingerprint density at radius 1 is 1.26 bits per heavy atom. The zero-order valence-electron chi connectivity index (χ0n) is 10.7. The molecule has 0 aliphatic carbocycles. The summed E-state index contributed by atoms with van der Waals surface area (Å²) in [4.78, 5) is 14.0. The van der Waals surface area contributed by atoms with Gasteiger partial charge in [0.15, 0.2) is 0 Å². The van der Waals surface area contributed by atoms with E-state index in [0.717, 1.165) is 16.5 Å². The van der Waals surface area contributed by atoms with Crippen molar-refractivity contribution in [2.45, 2.75) is 6.42 Å². The molecule has 1 aliphatic rings. The second-order valence-electron chi connectivity index (χ2n) is 4.93. The van der Waals surface area contributed by atoms with Gasteiger partial charge in [0.1, 0.15) is 0 Å². The first-order valence-electron chi connectivity index (χ1n) is 6.41. The highest BCUT2D eigenvalue weighted by Gasteiger charge is 2.29. The predicted molar refractivity (Wildman–Crippen MR) is 79.0 cm³/mol. The lowest BCUT2D eigenvalue weighted by Crippen LogP contribution is -2.24. The number of rotatable bonds is 2. The fourth-order valence-electron chi connectivity index (χ4n) is 2.70. The summed E-state index contributed by atoms with van der Waals surface area (Å²) in [5.41, 5.74) is 7.70. The van der Waals surface area contributed by atoms with E-state index < -0.39 is 0 Å². The molecule has 1 aliphatic heterocycles. The highest BCUT2D eigenvalue weighted by molar-refractivity contribution is 6.09. The maximum absolute atomic E-state index is 12.1. The van der Waals surface area contributed by atoms with Gasteiger partial charge in [-0.05, 0) is 17.5 Å². The van der Waals surface area contributed by atoms with Crippen LogP contribution in [-0.4, -0.2) is 12.5 Å². The van der Waals surface area contributed by atoms with Gasteiger partial charge in [-0.2, -0.15) is 0 Å². The Morgan fingerprint density at radius 3 is 2.68 bits per heavy atom. The average Bonchev–Trinajstić information content (AvgIpc) is 2.80. The molecule has 19 heavy (non-hydrogen) atoms. The minimum absolute atomic E-state index is 0.139. The number of nitrogens with zero attached hydrogens (tertiary/aromatic N) is 1. The van der Waals surface area contributed by atoms with Gasteiger partial charge >= 0.3 is 0 Å². The molecule has 96 valence electrons. The minimum atomic E-state index is 0.139. The Balaban J connectivity index is 2.16. The molecular weight excluding hydrogens is 236 g/mol. The lowest BCUT2D eigenvalue weighted by molar-refractivity contribution is -0.117. The Bertz CT molecular complexity index is 658. The molecule has 1 fully saturated rings. The predicted octanol–water partition coefficient (Wildman–Crippen LogP) is 2.96. The minimum Gasteiger partial charge on any atom is -0.398 e. The summed E-state index contributed by atoms with van der Waals surface area (Å²) >= 11 is 0. The van der Waals surface area contributed by atoms with E-state index in [1.54, 1.807) is 0 Å². The van der Waals surface area contributed by atoms with Crippen molar-refractivity contribution in [3.8, 4) is 0 Å². The second-order valence-corrected chi connectivity index (χ2v) is 4.93. The maximum Gasteiger partial charge on any atom is 0.227 e. The van der Waals surface area contributed by atoms with Crippen LogP contribution in [-0.2, 0) is 4.79 Å². The fourth-order valence-corrected chi connectivity index (χ4v) is 2.70. The van der Waals surface area contributed by atoms with Gasteiger partial charge < -0.3 is 10.6 Å². The lowest BCUT2D eigenvalue weighted by Gasteiger charge is -2.19. The number of amides is 1. The quantitative estimate of drug-likeness (QED) is 0.659. The van der Waals surface area contributed by atoms with Crippen molar-refractivity contribution in [3.05, 3.63) is 49.1 Å². The number of anilines is 2. The molecular formula is C16H16N2O. The molecule has 3 rings (SSSR count). The molecule has 2 aromatic rings. The third kappa shape index (κ3) is 1.87. The normalized spacial score (nSPS) is 19.1. The van der Waals surface area contributed by atoms with E-state index in [1.807, 2.05) is 47.4 Å². The van der Waals surface area contributed by atoms with Crippen molar-refractivity contribution in [2.75, 3.05) is 17.2 Å². The highest BCUT2D eigenvalue weighted by atomic mass is 16.2. The van der Waals surface area contributed by atoms with E-state index in [9.17, 15) is 4.79 Å². The lowest BCUT2D eigenvalue weighted by atomic mass is 10.1. The largest absolute Gasteiger partial charge is 0.398 e. The number of nitrogens with two attached hydrogens (primary N) is 1. The molecule has 0 saturated carbocycles. The fraction of sp³-hybridized carbons (Fsp3) is 0.188. The summed E-state index contributed by atoms with van der Waals surface area (Å²) in [6.07, 6.45) is 2.39. The summed E-state index contributed by atoms with van der Waals surface area (Å²) in [5, 5.41) is 2.02. The molecule has 1 saturated heterocycles. The van der Waals surface area contributed by atoms with Gasteiger partial charge in [-0.3, -0.25) is 4.79 Å².